The van der Waals surface area contributed by atoms with Gasteiger partial charge in [0.25, 0.3) is 5.78 Å². The smallest absolute Gasteiger partial charge is 0.301 e. The van der Waals surface area contributed by atoms with E-state index >= 15 is 0 Å². The van der Waals surface area contributed by atoms with Crippen LogP contribution in [0.4, 0.5) is 5.13 Å². The lowest BCUT2D eigenvalue weighted by atomic mass is 9.95. The summed E-state index contributed by atoms with van der Waals surface area (Å²) in [5.74, 6) is 0.0246. The Morgan fingerprint density at radius 3 is 2.47 bits per heavy atom. The first-order valence-corrected chi connectivity index (χ1v) is 16.6. The predicted molar refractivity (Wildman–Crippen MR) is 177 cm³/mol. The van der Waals surface area contributed by atoms with Crippen molar-refractivity contribution in [3.8, 4) is 17.2 Å². The third-order valence-electron chi connectivity index (χ3n) is 6.82. The fourth-order valence-corrected chi connectivity index (χ4v) is 7.11. The number of Topliss-reactive ketones (excluding diaryl/α,β-unsaturated/α-hetero) is 1. The summed E-state index contributed by atoms with van der Waals surface area (Å²) in [6.07, 6.45) is 0.803. The maximum absolute atomic E-state index is 13.7. The molecule has 0 radical (unpaired) electrons. The lowest BCUT2D eigenvalue weighted by molar-refractivity contribution is -0.132. The van der Waals surface area contributed by atoms with Crippen molar-refractivity contribution in [3.05, 3.63) is 93.0 Å². The number of aliphatic hydroxyl groups is 1. The summed E-state index contributed by atoms with van der Waals surface area (Å²) in [7, 11) is 1.53. The Morgan fingerprint density at radius 1 is 1.00 bits per heavy atom. The highest BCUT2D eigenvalue weighted by Gasteiger charge is 2.48. The van der Waals surface area contributed by atoms with Crippen LogP contribution in [-0.2, 0) is 15.3 Å². The molecule has 2 heterocycles. The molecule has 1 aromatic heterocycles. The van der Waals surface area contributed by atoms with Gasteiger partial charge in [0.05, 0.1) is 31.9 Å². The Balaban J connectivity index is 1.57. The van der Waals surface area contributed by atoms with Gasteiger partial charge in [-0.15, -0.1) is 10.2 Å². The van der Waals surface area contributed by atoms with E-state index in [-0.39, 0.29) is 16.5 Å². The number of anilines is 1. The molecule has 3 aromatic carbocycles. The first-order valence-electron chi connectivity index (χ1n) is 14.0. The van der Waals surface area contributed by atoms with Crippen molar-refractivity contribution in [2.24, 2.45) is 0 Å². The largest absolute Gasteiger partial charge is 0.507 e. The Morgan fingerprint density at radius 2 is 1.78 bits per heavy atom. The number of thioether (sulfide) groups is 1. The van der Waals surface area contributed by atoms with Crippen molar-refractivity contribution in [1.29, 1.82) is 0 Å². The van der Waals surface area contributed by atoms with Gasteiger partial charge in [0.15, 0.2) is 15.8 Å². The average molecular weight is 687 g/mol. The van der Waals surface area contributed by atoms with Gasteiger partial charge >= 0.3 is 5.91 Å². The second-order valence-electron chi connectivity index (χ2n) is 9.76. The number of aliphatic hydroxyl groups excluding tert-OH is 1. The van der Waals surface area contributed by atoms with Gasteiger partial charge in [0.2, 0.25) is 5.13 Å². The summed E-state index contributed by atoms with van der Waals surface area (Å²) in [6, 6.07) is 16.0. The van der Waals surface area contributed by atoms with E-state index in [0.29, 0.717) is 61.7 Å². The lowest BCUT2D eigenvalue weighted by Gasteiger charge is -2.23. The van der Waals surface area contributed by atoms with Gasteiger partial charge in [-0.25, -0.2) is 0 Å². The molecule has 0 spiro atoms. The van der Waals surface area contributed by atoms with Crippen molar-refractivity contribution >= 4 is 68.9 Å². The molecule has 1 saturated heterocycles. The minimum Gasteiger partial charge on any atom is -0.507 e. The van der Waals surface area contributed by atoms with Crippen LogP contribution in [0.15, 0.2) is 70.6 Å². The molecule has 4 aromatic rings. The van der Waals surface area contributed by atoms with Gasteiger partial charge in [0, 0.05) is 21.4 Å². The molecular formula is C32H29Cl2N3O6S2. The number of halogens is 2. The standard InChI is InChI=1S/C32H29Cl2N3O6S2/c1-4-14-43-24-13-9-19(15-25(24)42-5-2)27-26(28(38)18-7-11-22(41-3)12-8-18)29(39)30(40)37(27)31-35-36-32(45-31)44-17-20-6-10-21(33)16-23(20)34/h6-13,15-16,27,38H,4-5,14,17H2,1-3H3/b28-26+. The summed E-state index contributed by atoms with van der Waals surface area (Å²) < 4.78 is 17.5. The van der Waals surface area contributed by atoms with E-state index in [0.717, 1.165) is 23.3 Å². The number of aromatic nitrogens is 2. The fourth-order valence-electron chi connectivity index (χ4n) is 4.68. The third kappa shape index (κ3) is 7.06. The summed E-state index contributed by atoms with van der Waals surface area (Å²) in [6.45, 7) is 4.71. The molecule has 5 rings (SSSR count). The quantitative estimate of drug-likeness (QED) is 0.0522. The minimum absolute atomic E-state index is 0.0906. The maximum atomic E-state index is 13.7. The number of amides is 1. The molecular weight excluding hydrogens is 657 g/mol. The van der Waals surface area contributed by atoms with Gasteiger partial charge in [-0.3, -0.25) is 14.5 Å². The highest BCUT2D eigenvalue weighted by Crippen LogP contribution is 2.46. The molecule has 45 heavy (non-hydrogen) atoms. The maximum Gasteiger partial charge on any atom is 0.301 e. The monoisotopic (exact) mass is 685 g/mol. The van der Waals surface area contributed by atoms with Crippen LogP contribution in [0.2, 0.25) is 10.0 Å². The van der Waals surface area contributed by atoms with E-state index in [4.69, 9.17) is 37.4 Å². The molecule has 1 aliphatic rings. The normalized spacial score (nSPS) is 15.8. The molecule has 234 valence electrons. The highest BCUT2D eigenvalue weighted by atomic mass is 35.5. The van der Waals surface area contributed by atoms with Gasteiger partial charge < -0.3 is 19.3 Å². The Hall–Kier alpha value is -3.77. The number of methoxy groups -OCH3 is 1. The number of hydrogen-bond acceptors (Lipinski definition) is 10. The number of benzene rings is 3. The summed E-state index contributed by atoms with van der Waals surface area (Å²) in [5.41, 5.74) is 1.64. The van der Waals surface area contributed by atoms with Crippen LogP contribution in [0.3, 0.4) is 0 Å². The van der Waals surface area contributed by atoms with Crippen LogP contribution in [0.5, 0.6) is 17.2 Å². The fraction of sp³-hybridized carbons (Fsp3) is 0.250. The Kier molecular flexibility index (Phi) is 10.5. The number of ketones is 1. The van der Waals surface area contributed by atoms with Crippen molar-refractivity contribution in [2.75, 3.05) is 25.2 Å². The second kappa shape index (κ2) is 14.6. The Bertz CT molecular complexity index is 1750. The number of hydrogen-bond donors (Lipinski definition) is 1. The van der Waals surface area contributed by atoms with Crippen molar-refractivity contribution in [3.63, 3.8) is 0 Å². The molecule has 0 saturated carbocycles. The van der Waals surface area contributed by atoms with Gasteiger partial charge in [-0.2, -0.15) is 0 Å². The number of nitrogens with zero attached hydrogens (tertiary/aromatic N) is 3. The van der Waals surface area contributed by atoms with Crippen LogP contribution in [0.1, 0.15) is 43.0 Å². The van der Waals surface area contributed by atoms with Crippen molar-refractivity contribution in [1.82, 2.24) is 10.2 Å². The van der Waals surface area contributed by atoms with Gasteiger partial charge in [-0.1, -0.05) is 65.4 Å². The van der Waals surface area contributed by atoms with Crippen LogP contribution < -0.4 is 19.1 Å². The summed E-state index contributed by atoms with van der Waals surface area (Å²) in [5, 5.41) is 21.3. The number of carbonyl (C=O) groups excluding carboxylic acids is 2. The van der Waals surface area contributed by atoms with Gasteiger partial charge in [0.1, 0.15) is 11.5 Å². The third-order valence-corrected chi connectivity index (χ3v) is 9.51. The topological polar surface area (TPSA) is 111 Å². The first kappa shape index (κ1) is 32.6. The Labute approximate surface area is 278 Å². The average Bonchev–Trinajstić information content (AvgIpc) is 3.61. The summed E-state index contributed by atoms with van der Waals surface area (Å²) in [4.78, 5) is 28.6. The predicted octanol–water partition coefficient (Wildman–Crippen LogP) is 7.96. The number of rotatable bonds is 12. The molecule has 1 unspecified atom stereocenters. The van der Waals surface area contributed by atoms with Crippen LogP contribution in [0.25, 0.3) is 5.76 Å². The molecule has 1 fully saturated rings. The van der Waals surface area contributed by atoms with Crippen LogP contribution in [-0.4, -0.2) is 47.3 Å². The molecule has 0 aliphatic carbocycles. The lowest BCUT2D eigenvalue weighted by Crippen LogP contribution is -2.29. The van der Waals surface area contributed by atoms with E-state index in [2.05, 4.69) is 10.2 Å². The minimum atomic E-state index is -1.02. The molecule has 1 aliphatic heterocycles. The van der Waals surface area contributed by atoms with E-state index < -0.39 is 17.7 Å². The SMILES string of the molecule is CCCOc1ccc(C2/C(=C(\O)c3ccc(OC)cc3)C(=O)C(=O)N2c2nnc(SCc3ccc(Cl)cc3Cl)s2)cc1OCC. The zero-order chi connectivity index (χ0) is 32.1. The molecule has 1 N–H and O–H groups in total. The molecule has 13 heteroatoms. The molecule has 1 amide bonds. The van der Waals surface area contributed by atoms with E-state index in [1.807, 2.05) is 19.9 Å². The molecule has 0 bridgehead atoms. The van der Waals surface area contributed by atoms with E-state index in [1.165, 1.54) is 23.8 Å². The second-order valence-corrected chi connectivity index (χ2v) is 12.8. The number of carbonyl (C=O) groups is 2. The van der Waals surface area contributed by atoms with Crippen LogP contribution >= 0.6 is 46.3 Å². The van der Waals surface area contributed by atoms with Gasteiger partial charge in [-0.05, 0) is 73.0 Å². The summed E-state index contributed by atoms with van der Waals surface area (Å²) >= 11 is 14.9. The molecule has 9 nitrogen and oxygen atoms in total. The zero-order valence-corrected chi connectivity index (χ0v) is 27.7. The van der Waals surface area contributed by atoms with Crippen LogP contribution in [0, 0.1) is 0 Å². The number of ether oxygens (including phenoxy) is 3. The zero-order valence-electron chi connectivity index (χ0n) is 24.6. The van der Waals surface area contributed by atoms with Crippen molar-refractivity contribution < 1.29 is 28.9 Å². The van der Waals surface area contributed by atoms with Crippen molar-refractivity contribution in [2.45, 2.75) is 36.4 Å². The first-order chi connectivity index (χ1) is 21.7. The highest BCUT2D eigenvalue weighted by molar-refractivity contribution is 8.00. The molecule has 1 atom stereocenters. The van der Waals surface area contributed by atoms with E-state index in [1.54, 1.807) is 54.6 Å². The van der Waals surface area contributed by atoms with E-state index in [9.17, 15) is 14.7 Å².